The molecule has 0 aliphatic carbocycles. The minimum absolute atomic E-state index is 0.255. The van der Waals surface area contributed by atoms with E-state index in [2.05, 4.69) is 4.74 Å². The molecular formula is C11H21ClO4. The quantitative estimate of drug-likeness (QED) is 0.440. The zero-order valence-corrected chi connectivity index (χ0v) is 11.3. The van der Waals surface area contributed by atoms with Gasteiger partial charge in [-0.15, -0.1) is 0 Å². The molecule has 1 atom stereocenters. The molecule has 16 heavy (non-hydrogen) atoms. The van der Waals surface area contributed by atoms with Crippen LogP contribution >= 0.6 is 11.6 Å². The molecule has 0 spiro atoms. The predicted octanol–water partition coefficient (Wildman–Crippen LogP) is 2.72. The van der Waals surface area contributed by atoms with E-state index < -0.39 is 5.56 Å². The number of ether oxygens (including phenoxy) is 1. The molecule has 0 aromatic rings. The van der Waals surface area contributed by atoms with E-state index in [0.29, 0.717) is 12.8 Å². The molecule has 0 heterocycles. The molecule has 0 aliphatic rings. The van der Waals surface area contributed by atoms with Crippen LogP contribution in [0.2, 0.25) is 0 Å². The lowest BCUT2D eigenvalue weighted by molar-refractivity contribution is -0.144. The minimum Gasteiger partial charge on any atom is -0.446 e. The van der Waals surface area contributed by atoms with Gasteiger partial charge in [-0.2, -0.15) is 0 Å². The van der Waals surface area contributed by atoms with E-state index in [4.69, 9.17) is 16.4 Å². The average molecular weight is 253 g/mol. The van der Waals surface area contributed by atoms with E-state index in [1.807, 2.05) is 6.92 Å². The number of hydrogen-bond donors (Lipinski definition) is 0. The van der Waals surface area contributed by atoms with Crippen LogP contribution in [0, 0.1) is 0 Å². The molecule has 0 rings (SSSR count). The highest BCUT2D eigenvalue weighted by Crippen LogP contribution is 1.97. The summed E-state index contributed by atoms with van der Waals surface area (Å²) in [6.07, 6.45) is 1.80. The Hall–Kier alpha value is -0.900. The molecule has 0 aromatic heterocycles. The predicted molar refractivity (Wildman–Crippen MR) is 64.4 cm³/mol. The largest absolute Gasteiger partial charge is 0.446 e. The molecule has 0 bridgehead atoms. The van der Waals surface area contributed by atoms with Crippen molar-refractivity contribution < 1.29 is 19.1 Å². The molecular weight excluding hydrogens is 232 g/mol. The normalized spacial score (nSPS) is 9.62. The number of halogens is 1. The summed E-state index contributed by atoms with van der Waals surface area (Å²) < 4.78 is 4.53. The molecule has 4 nitrogen and oxygen atoms in total. The standard InChI is InChI=1S/C5H9ClO2.C4H8O.C2H4O/c1-3-5(7)8-4(2)6;1-3-4(2)5;1-2-3/h4H,3H2,1-2H3;3H2,1-2H3;2H,1H3. The third kappa shape index (κ3) is 38.0. The van der Waals surface area contributed by atoms with Gasteiger partial charge in [-0.3, -0.25) is 4.79 Å². The summed E-state index contributed by atoms with van der Waals surface area (Å²) in [5, 5.41) is 0. The summed E-state index contributed by atoms with van der Waals surface area (Å²) in [6.45, 7) is 8.21. The molecule has 5 heteroatoms. The molecule has 96 valence electrons. The molecule has 0 saturated carbocycles. The van der Waals surface area contributed by atoms with Crippen LogP contribution in [0.1, 0.15) is 47.5 Å². The summed E-state index contributed by atoms with van der Waals surface area (Å²) >= 11 is 5.31. The third-order valence-electron chi connectivity index (χ3n) is 1.08. The molecule has 0 radical (unpaired) electrons. The monoisotopic (exact) mass is 252 g/mol. The van der Waals surface area contributed by atoms with Gasteiger partial charge < -0.3 is 14.3 Å². The van der Waals surface area contributed by atoms with E-state index >= 15 is 0 Å². The number of rotatable bonds is 3. The highest BCUT2D eigenvalue weighted by molar-refractivity contribution is 6.19. The highest BCUT2D eigenvalue weighted by atomic mass is 35.5. The Bertz CT molecular complexity index is 190. The third-order valence-corrected chi connectivity index (χ3v) is 1.17. The average Bonchev–Trinajstić information content (AvgIpc) is 2.18. The first-order chi connectivity index (χ1) is 7.35. The first-order valence-electron chi connectivity index (χ1n) is 5.08. The van der Waals surface area contributed by atoms with Crippen LogP contribution < -0.4 is 0 Å². The summed E-state index contributed by atoms with van der Waals surface area (Å²) in [6, 6.07) is 0. The highest BCUT2D eigenvalue weighted by Gasteiger charge is 2.00. The Morgan fingerprint density at radius 3 is 1.69 bits per heavy atom. The molecule has 0 N–H and O–H groups in total. The Kier molecular flexibility index (Phi) is 21.2. The maximum atomic E-state index is 10.3. The summed E-state index contributed by atoms with van der Waals surface area (Å²) in [4.78, 5) is 28.9. The second-order valence-electron chi connectivity index (χ2n) is 2.68. The zero-order valence-electron chi connectivity index (χ0n) is 10.6. The smallest absolute Gasteiger partial charge is 0.306 e. The Balaban J connectivity index is -0.000000181. The Morgan fingerprint density at radius 2 is 1.62 bits per heavy atom. The van der Waals surface area contributed by atoms with E-state index in [9.17, 15) is 9.59 Å². The van der Waals surface area contributed by atoms with Crippen LogP contribution in [0.5, 0.6) is 0 Å². The molecule has 1 unspecified atom stereocenters. The number of aldehydes is 1. The van der Waals surface area contributed by atoms with E-state index in [1.54, 1.807) is 20.8 Å². The number of ketones is 1. The lowest BCUT2D eigenvalue weighted by Crippen LogP contribution is -2.07. The fourth-order valence-corrected chi connectivity index (χ4v) is 0.364. The van der Waals surface area contributed by atoms with Crippen molar-refractivity contribution in [1.82, 2.24) is 0 Å². The maximum absolute atomic E-state index is 10.3. The van der Waals surface area contributed by atoms with E-state index in [-0.39, 0.29) is 11.8 Å². The number of Topliss-reactive ketones (excluding diaryl/α,β-unsaturated/α-hetero) is 1. The van der Waals surface area contributed by atoms with Crippen LogP contribution in [0.15, 0.2) is 0 Å². The van der Waals surface area contributed by atoms with Gasteiger partial charge in [-0.1, -0.05) is 25.4 Å². The van der Waals surface area contributed by atoms with Crippen molar-refractivity contribution in [2.45, 2.75) is 53.0 Å². The first kappa shape index (κ1) is 20.5. The van der Waals surface area contributed by atoms with Crippen molar-refractivity contribution in [3.63, 3.8) is 0 Å². The van der Waals surface area contributed by atoms with Crippen molar-refractivity contribution in [3.05, 3.63) is 0 Å². The summed E-state index contributed by atoms with van der Waals surface area (Å²) in [7, 11) is 0. The molecule has 0 aromatic carbocycles. The Morgan fingerprint density at radius 1 is 1.31 bits per heavy atom. The van der Waals surface area contributed by atoms with Crippen molar-refractivity contribution >= 4 is 29.6 Å². The lowest BCUT2D eigenvalue weighted by atomic mass is 10.4. The van der Waals surface area contributed by atoms with Crippen LogP contribution in [0.4, 0.5) is 0 Å². The fourth-order valence-electron chi connectivity index (χ4n) is 0.264. The van der Waals surface area contributed by atoms with Gasteiger partial charge in [0, 0.05) is 12.8 Å². The van der Waals surface area contributed by atoms with Gasteiger partial charge >= 0.3 is 5.97 Å². The van der Waals surface area contributed by atoms with Gasteiger partial charge in [0.05, 0.1) is 0 Å². The van der Waals surface area contributed by atoms with Gasteiger partial charge in [0.15, 0.2) is 5.56 Å². The van der Waals surface area contributed by atoms with Crippen LogP contribution in [-0.2, 0) is 19.1 Å². The van der Waals surface area contributed by atoms with Crippen LogP contribution in [-0.4, -0.2) is 23.6 Å². The number of esters is 1. The molecule has 0 aliphatic heterocycles. The lowest BCUT2D eigenvalue weighted by Gasteiger charge is -2.02. The van der Waals surface area contributed by atoms with Crippen molar-refractivity contribution in [3.8, 4) is 0 Å². The van der Waals surface area contributed by atoms with Gasteiger partial charge in [-0.05, 0) is 20.8 Å². The number of carbonyl (C=O) groups excluding carboxylic acids is 3. The Labute approximate surface area is 102 Å². The number of alkyl halides is 1. The fraction of sp³-hybridized carbons (Fsp3) is 0.727. The van der Waals surface area contributed by atoms with Gasteiger partial charge in [0.2, 0.25) is 0 Å². The van der Waals surface area contributed by atoms with Crippen molar-refractivity contribution in [2.24, 2.45) is 0 Å². The summed E-state index contributed by atoms with van der Waals surface area (Å²) in [5.41, 5.74) is -0.498. The second kappa shape index (κ2) is 16.5. The van der Waals surface area contributed by atoms with Gasteiger partial charge in [0.1, 0.15) is 12.1 Å². The SMILES string of the molecule is CC=O.CCC(=O)OC(C)Cl.CCC(C)=O. The molecule has 0 fully saturated rings. The molecule has 0 saturated heterocycles. The number of hydrogen-bond acceptors (Lipinski definition) is 4. The van der Waals surface area contributed by atoms with Crippen molar-refractivity contribution in [2.75, 3.05) is 0 Å². The number of carbonyl (C=O) groups is 3. The first-order valence-corrected chi connectivity index (χ1v) is 5.51. The maximum Gasteiger partial charge on any atom is 0.306 e. The van der Waals surface area contributed by atoms with E-state index in [0.717, 1.165) is 6.29 Å². The zero-order chi connectivity index (χ0) is 13.6. The van der Waals surface area contributed by atoms with E-state index in [1.165, 1.54) is 6.92 Å². The van der Waals surface area contributed by atoms with Crippen LogP contribution in [0.25, 0.3) is 0 Å². The van der Waals surface area contributed by atoms with Gasteiger partial charge in [0.25, 0.3) is 0 Å². The second-order valence-corrected chi connectivity index (χ2v) is 3.29. The van der Waals surface area contributed by atoms with Crippen molar-refractivity contribution in [1.29, 1.82) is 0 Å². The van der Waals surface area contributed by atoms with Crippen LogP contribution in [0.3, 0.4) is 0 Å². The summed E-state index contributed by atoms with van der Waals surface area (Å²) in [5.74, 6) is -0.00231. The van der Waals surface area contributed by atoms with Gasteiger partial charge in [-0.25, -0.2) is 0 Å². The molecule has 0 amide bonds. The minimum atomic E-state index is -0.498. The topological polar surface area (TPSA) is 60.4 Å².